The average Bonchev–Trinajstić information content (AvgIpc) is 3.21. The van der Waals surface area contributed by atoms with Crippen molar-refractivity contribution < 1.29 is 23.5 Å². The molecule has 0 saturated carbocycles. The summed E-state index contributed by atoms with van der Waals surface area (Å²) in [6.07, 6.45) is 2.22. The number of methoxy groups -OCH3 is 1. The molecule has 0 aliphatic carbocycles. The molecule has 1 aliphatic heterocycles. The Hall–Kier alpha value is -2.91. The first-order chi connectivity index (χ1) is 19.9. The number of hydrogen-bond donors (Lipinski definition) is 0. The van der Waals surface area contributed by atoms with Crippen molar-refractivity contribution in [2.75, 3.05) is 31.7 Å². The molecule has 0 radical (unpaired) electrons. The molecule has 3 aromatic rings. The van der Waals surface area contributed by atoms with Crippen molar-refractivity contribution in [1.82, 2.24) is 9.47 Å². The van der Waals surface area contributed by atoms with Gasteiger partial charge >= 0.3 is 6.09 Å². The molecule has 0 spiro atoms. The van der Waals surface area contributed by atoms with Crippen LogP contribution < -0.4 is 4.90 Å². The largest absolute Gasteiger partial charge is 0.443 e. The summed E-state index contributed by atoms with van der Waals surface area (Å²) < 4.78 is 29.1. The fraction of sp³-hybridized carbons (Fsp3) is 0.515. The molecular weight excluding hydrogens is 601 g/mol. The number of aromatic nitrogens is 1. The zero-order valence-electron chi connectivity index (χ0n) is 25.6. The number of piperidine rings is 1. The van der Waals surface area contributed by atoms with E-state index in [1.807, 2.05) is 62.9 Å². The summed E-state index contributed by atoms with van der Waals surface area (Å²) in [4.78, 5) is 30.5. The number of nitrogens with zero attached hydrogens (tertiary/aromatic N) is 3. The van der Waals surface area contributed by atoms with E-state index in [1.165, 1.54) is 6.07 Å². The van der Waals surface area contributed by atoms with E-state index in [9.17, 15) is 9.59 Å². The van der Waals surface area contributed by atoms with Crippen LogP contribution in [0, 0.1) is 12.7 Å². The van der Waals surface area contributed by atoms with Crippen molar-refractivity contribution >= 4 is 44.5 Å². The van der Waals surface area contributed by atoms with Gasteiger partial charge in [0, 0.05) is 73.0 Å². The predicted molar refractivity (Wildman–Crippen MR) is 169 cm³/mol. The van der Waals surface area contributed by atoms with Gasteiger partial charge in [0.1, 0.15) is 11.4 Å². The predicted octanol–water partition coefficient (Wildman–Crippen LogP) is 7.81. The van der Waals surface area contributed by atoms with Crippen LogP contribution in [-0.4, -0.2) is 59.9 Å². The van der Waals surface area contributed by atoms with E-state index in [1.54, 1.807) is 18.1 Å². The van der Waals surface area contributed by atoms with Gasteiger partial charge in [0.25, 0.3) is 0 Å². The SMILES string of the molecule is COCCCn1c(C2CCCN(C(=O)C[C@@H](C)N(C(=O)OC(C)(C)C)c3ccc(Br)cc3)C2)c(C)c2cccc(F)c21. The first-order valence-corrected chi connectivity index (χ1v) is 15.5. The Kier molecular flexibility index (Phi) is 10.4. The Bertz CT molecular complexity index is 1400. The van der Waals surface area contributed by atoms with Gasteiger partial charge in [-0.3, -0.25) is 9.69 Å². The van der Waals surface area contributed by atoms with Crippen molar-refractivity contribution in [3.63, 3.8) is 0 Å². The van der Waals surface area contributed by atoms with Crippen LogP contribution in [0.5, 0.6) is 0 Å². The van der Waals surface area contributed by atoms with E-state index in [0.29, 0.717) is 37.4 Å². The van der Waals surface area contributed by atoms with Gasteiger partial charge in [0.2, 0.25) is 5.91 Å². The summed E-state index contributed by atoms with van der Waals surface area (Å²) >= 11 is 3.45. The molecule has 4 rings (SSSR count). The summed E-state index contributed by atoms with van der Waals surface area (Å²) in [7, 11) is 1.67. The Morgan fingerprint density at radius 1 is 1.17 bits per heavy atom. The van der Waals surface area contributed by atoms with E-state index in [-0.39, 0.29) is 24.1 Å². The lowest BCUT2D eigenvalue weighted by atomic mass is 9.91. The highest BCUT2D eigenvalue weighted by atomic mass is 79.9. The third-order valence-electron chi connectivity index (χ3n) is 7.83. The molecule has 42 heavy (non-hydrogen) atoms. The summed E-state index contributed by atoms with van der Waals surface area (Å²) in [5, 5.41) is 0.919. The van der Waals surface area contributed by atoms with Gasteiger partial charge in [-0.2, -0.15) is 0 Å². The minimum Gasteiger partial charge on any atom is -0.443 e. The molecule has 2 amide bonds. The Morgan fingerprint density at radius 3 is 2.55 bits per heavy atom. The van der Waals surface area contributed by atoms with Gasteiger partial charge < -0.3 is 18.9 Å². The van der Waals surface area contributed by atoms with Crippen molar-refractivity contribution in [3.05, 3.63) is 64.0 Å². The third-order valence-corrected chi connectivity index (χ3v) is 8.36. The van der Waals surface area contributed by atoms with E-state index < -0.39 is 17.7 Å². The number of hydrogen-bond acceptors (Lipinski definition) is 4. The van der Waals surface area contributed by atoms with Gasteiger partial charge in [0.15, 0.2) is 0 Å². The lowest BCUT2D eigenvalue weighted by Gasteiger charge is -2.36. The number of halogens is 2. The molecule has 1 aliphatic rings. The quantitative estimate of drug-likeness (QED) is 0.223. The Morgan fingerprint density at radius 2 is 1.88 bits per heavy atom. The molecule has 2 aromatic carbocycles. The summed E-state index contributed by atoms with van der Waals surface area (Å²) in [5.41, 5.74) is 2.79. The Balaban J connectivity index is 1.57. The zero-order valence-corrected chi connectivity index (χ0v) is 27.2. The molecule has 1 aromatic heterocycles. The van der Waals surface area contributed by atoms with Crippen LogP contribution in [-0.2, 0) is 20.8 Å². The normalized spacial score (nSPS) is 16.5. The van der Waals surface area contributed by atoms with Crippen molar-refractivity contribution in [1.29, 1.82) is 0 Å². The number of benzene rings is 2. The van der Waals surface area contributed by atoms with Crippen molar-refractivity contribution in [3.8, 4) is 0 Å². The molecule has 0 bridgehead atoms. The maximum absolute atomic E-state index is 15.1. The van der Waals surface area contributed by atoms with Crippen LogP contribution in [0.3, 0.4) is 0 Å². The van der Waals surface area contributed by atoms with Crippen LogP contribution in [0.15, 0.2) is 46.9 Å². The number of fused-ring (bicyclic) bond motifs is 1. The fourth-order valence-electron chi connectivity index (χ4n) is 6.03. The van der Waals surface area contributed by atoms with Gasteiger partial charge in [-0.15, -0.1) is 0 Å². The number of amides is 2. The molecule has 7 nitrogen and oxygen atoms in total. The highest BCUT2D eigenvalue weighted by molar-refractivity contribution is 9.10. The summed E-state index contributed by atoms with van der Waals surface area (Å²) in [6, 6.07) is 12.2. The standard InChI is InChI=1S/C33H43BrFN3O4/c1-22(38(32(40)42-33(3,4)5)26-15-13-25(34)14-16-26)20-29(39)36-17-8-10-24(21-36)30-23(2)27-11-7-12-28(35)31(27)37(30)18-9-19-41-6/h7,11-16,22,24H,8-10,17-21H2,1-6H3/t22-,24?/m1/s1. The molecule has 9 heteroatoms. The van der Waals surface area contributed by atoms with Gasteiger partial charge in [-0.25, -0.2) is 9.18 Å². The number of para-hydroxylation sites is 1. The van der Waals surface area contributed by atoms with Crippen LogP contribution in [0.1, 0.15) is 70.6 Å². The summed E-state index contributed by atoms with van der Waals surface area (Å²) in [6.45, 7) is 11.9. The van der Waals surface area contributed by atoms with Crippen molar-refractivity contribution in [2.24, 2.45) is 0 Å². The van der Waals surface area contributed by atoms with Gasteiger partial charge in [-0.1, -0.05) is 28.1 Å². The fourth-order valence-corrected chi connectivity index (χ4v) is 6.30. The molecule has 1 fully saturated rings. The number of ether oxygens (including phenoxy) is 2. The molecule has 228 valence electrons. The summed E-state index contributed by atoms with van der Waals surface area (Å²) in [5.74, 6) is -0.156. The molecular formula is C33H43BrFN3O4. The van der Waals surface area contributed by atoms with Crippen LogP contribution >= 0.6 is 15.9 Å². The lowest BCUT2D eigenvalue weighted by Crippen LogP contribution is -2.46. The topological polar surface area (TPSA) is 64.0 Å². The maximum Gasteiger partial charge on any atom is 0.415 e. The van der Waals surface area contributed by atoms with Crippen molar-refractivity contribution in [2.45, 2.75) is 84.4 Å². The highest BCUT2D eigenvalue weighted by Crippen LogP contribution is 2.37. The minimum atomic E-state index is -0.673. The molecule has 1 unspecified atom stereocenters. The number of aryl methyl sites for hydroxylation is 2. The smallest absolute Gasteiger partial charge is 0.415 e. The maximum atomic E-state index is 15.1. The molecule has 1 saturated heterocycles. The average molecular weight is 645 g/mol. The first kappa shape index (κ1) is 32.0. The third kappa shape index (κ3) is 7.35. The monoisotopic (exact) mass is 643 g/mol. The second-order valence-corrected chi connectivity index (χ2v) is 13.1. The number of rotatable bonds is 9. The second kappa shape index (κ2) is 13.6. The van der Waals surface area contributed by atoms with E-state index in [4.69, 9.17) is 9.47 Å². The van der Waals surface area contributed by atoms with Crippen LogP contribution in [0.2, 0.25) is 0 Å². The molecule has 2 heterocycles. The van der Waals surface area contributed by atoms with E-state index >= 15 is 4.39 Å². The first-order valence-electron chi connectivity index (χ1n) is 14.7. The Labute approximate surface area is 257 Å². The van der Waals surface area contributed by atoms with Gasteiger partial charge in [-0.05, 0) is 89.8 Å². The zero-order chi connectivity index (χ0) is 30.6. The second-order valence-electron chi connectivity index (χ2n) is 12.2. The number of carbonyl (C=O) groups is 2. The van der Waals surface area contributed by atoms with E-state index in [0.717, 1.165) is 40.4 Å². The van der Waals surface area contributed by atoms with Gasteiger partial charge in [0.05, 0.1) is 5.52 Å². The molecule has 2 atom stereocenters. The molecule has 0 N–H and O–H groups in total. The minimum absolute atomic E-state index is 0.0104. The highest BCUT2D eigenvalue weighted by Gasteiger charge is 2.33. The van der Waals surface area contributed by atoms with Crippen LogP contribution in [0.4, 0.5) is 14.9 Å². The number of anilines is 1. The van der Waals surface area contributed by atoms with E-state index in [2.05, 4.69) is 27.4 Å². The lowest BCUT2D eigenvalue weighted by molar-refractivity contribution is -0.132. The van der Waals surface area contributed by atoms with Crippen LogP contribution in [0.25, 0.3) is 10.9 Å². The number of likely N-dealkylation sites (tertiary alicyclic amines) is 1. The number of carbonyl (C=O) groups excluding carboxylic acids is 2.